The molecule has 0 aliphatic carbocycles. The number of nitrogens with zero attached hydrogens (tertiary/aromatic N) is 3. The zero-order chi connectivity index (χ0) is 22.9. The first-order chi connectivity index (χ1) is 15.3. The van der Waals surface area contributed by atoms with E-state index in [0.29, 0.717) is 16.7 Å². The van der Waals surface area contributed by atoms with Crippen molar-refractivity contribution in [3.8, 4) is 5.75 Å². The van der Waals surface area contributed by atoms with Crippen molar-refractivity contribution >= 4 is 42.8 Å². The molecule has 32 heavy (non-hydrogen) atoms. The molecule has 168 valence electrons. The summed E-state index contributed by atoms with van der Waals surface area (Å²) in [5.41, 5.74) is 0.333. The average molecular weight is 522 g/mol. The van der Waals surface area contributed by atoms with E-state index < -0.39 is 15.9 Å². The van der Waals surface area contributed by atoms with E-state index in [1.54, 1.807) is 42.5 Å². The Hall–Kier alpha value is -2.89. The molecule has 4 rings (SSSR count). The number of carbonyl (C=O) groups excluding carboxylic acids is 1. The lowest BCUT2D eigenvalue weighted by molar-refractivity contribution is 0.0666. The molecular formula is C21H20BrN3O6S. The fourth-order valence-electron chi connectivity index (χ4n) is 3.51. The Labute approximate surface area is 192 Å². The first kappa shape index (κ1) is 22.3. The topological polar surface area (TPSA) is 113 Å². The van der Waals surface area contributed by atoms with Crippen molar-refractivity contribution in [2.75, 3.05) is 33.3 Å². The van der Waals surface area contributed by atoms with Crippen LogP contribution >= 0.6 is 15.9 Å². The van der Waals surface area contributed by atoms with Crippen LogP contribution in [-0.2, 0) is 10.0 Å². The Morgan fingerprint density at radius 1 is 1.09 bits per heavy atom. The number of amides is 1. The van der Waals surface area contributed by atoms with Gasteiger partial charge in [0.25, 0.3) is 5.91 Å². The van der Waals surface area contributed by atoms with E-state index >= 15 is 0 Å². The average Bonchev–Trinajstić information content (AvgIpc) is 2.82. The number of fused-ring (bicyclic) bond motifs is 1. The minimum atomic E-state index is -3.65. The van der Waals surface area contributed by atoms with Gasteiger partial charge in [0.2, 0.25) is 10.0 Å². The Morgan fingerprint density at radius 3 is 2.41 bits per heavy atom. The Kier molecular flexibility index (Phi) is 6.22. The van der Waals surface area contributed by atoms with Gasteiger partial charge in [0.1, 0.15) is 16.7 Å². The molecule has 0 radical (unpaired) electrons. The second-order valence-electron chi connectivity index (χ2n) is 7.11. The smallest absolute Gasteiger partial charge is 0.289 e. The summed E-state index contributed by atoms with van der Waals surface area (Å²) in [6.45, 7) is 0.712. The Balaban J connectivity index is 1.54. The van der Waals surface area contributed by atoms with Crippen molar-refractivity contribution in [2.45, 2.75) is 4.90 Å². The highest BCUT2D eigenvalue weighted by molar-refractivity contribution is 9.10. The molecule has 1 aromatic heterocycles. The van der Waals surface area contributed by atoms with Crippen LogP contribution in [0.1, 0.15) is 10.6 Å². The van der Waals surface area contributed by atoms with Crippen LogP contribution < -0.4 is 10.1 Å². The third-order valence-electron chi connectivity index (χ3n) is 5.25. The first-order valence-corrected chi connectivity index (χ1v) is 11.9. The molecule has 2 aromatic carbocycles. The number of hydrogen-bond donors (Lipinski definition) is 1. The van der Waals surface area contributed by atoms with E-state index in [1.165, 1.54) is 22.4 Å². The lowest BCUT2D eigenvalue weighted by Gasteiger charge is -2.33. The van der Waals surface area contributed by atoms with Crippen LogP contribution in [0.15, 0.2) is 67.5 Å². The Bertz CT molecular complexity index is 1330. The summed E-state index contributed by atoms with van der Waals surface area (Å²) in [4.78, 5) is 14.7. The highest BCUT2D eigenvalue weighted by Crippen LogP contribution is 2.22. The summed E-state index contributed by atoms with van der Waals surface area (Å²) < 4.78 is 38.8. The SMILES string of the molecule is COc1ccc2/c(=N/O)cc(C(=O)N3CCN(S(=O)(=O)c4ccc(Br)cc4)CC3)oc2c1. The number of methoxy groups -OCH3 is 1. The van der Waals surface area contributed by atoms with Crippen LogP contribution in [0.3, 0.4) is 0 Å². The molecule has 1 aliphatic rings. The van der Waals surface area contributed by atoms with Gasteiger partial charge in [0.15, 0.2) is 5.76 Å². The van der Waals surface area contributed by atoms with E-state index in [9.17, 15) is 18.4 Å². The fourth-order valence-corrected chi connectivity index (χ4v) is 5.19. The van der Waals surface area contributed by atoms with Gasteiger partial charge >= 0.3 is 0 Å². The molecule has 11 heteroatoms. The van der Waals surface area contributed by atoms with Gasteiger partial charge in [-0.3, -0.25) is 4.79 Å². The summed E-state index contributed by atoms with van der Waals surface area (Å²) >= 11 is 3.30. The van der Waals surface area contributed by atoms with Gasteiger partial charge in [-0.15, -0.1) is 0 Å². The second kappa shape index (κ2) is 8.93. The van der Waals surface area contributed by atoms with Gasteiger partial charge in [-0.25, -0.2) is 8.42 Å². The predicted octanol–water partition coefficient (Wildman–Crippen LogP) is 2.64. The van der Waals surface area contributed by atoms with Crippen LogP contribution in [0.25, 0.3) is 11.0 Å². The van der Waals surface area contributed by atoms with E-state index in [2.05, 4.69) is 21.1 Å². The highest BCUT2D eigenvalue weighted by Gasteiger charge is 2.31. The number of ether oxygens (including phenoxy) is 1. The molecule has 1 saturated heterocycles. The minimum Gasteiger partial charge on any atom is -0.497 e. The first-order valence-electron chi connectivity index (χ1n) is 9.68. The molecule has 1 aliphatic heterocycles. The molecule has 2 heterocycles. The van der Waals surface area contributed by atoms with Gasteiger partial charge in [-0.2, -0.15) is 4.31 Å². The minimum absolute atomic E-state index is 0.0113. The molecule has 0 spiro atoms. The second-order valence-corrected chi connectivity index (χ2v) is 9.96. The lowest BCUT2D eigenvalue weighted by atomic mass is 10.2. The normalized spacial score (nSPS) is 15.8. The summed E-state index contributed by atoms with van der Waals surface area (Å²) in [7, 11) is -2.14. The van der Waals surface area contributed by atoms with Crippen molar-refractivity contribution < 1.29 is 27.6 Å². The predicted molar refractivity (Wildman–Crippen MR) is 119 cm³/mol. The number of piperazine rings is 1. The summed E-state index contributed by atoms with van der Waals surface area (Å²) in [5, 5.41) is 13.4. The van der Waals surface area contributed by atoms with Crippen molar-refractivity contribution in [3.05, 3.63) is 64.1 Å². The maximum atomic E-state index is 13.0. The van der Waals surface area contributed by atoms with Crippen LogP contribution in [0.4, 0.5) is 0 Å². The number of rotatable bonds is 4. The molecule has 1 fully saturated rings. The Morgan fingerprint density at radius 2 is 1.78 bits per heavy atom. The fraction of sp³-hybridized carbons (Fsp3) is 0.238. The van der Waals surface area contributed by atoms with Gasteiger partial charge in [0, 0.05) is 48.2 Å². The maximum absolute atomic E-state index is 13.0. The largest absolute Gasteiger partial charge is 0.497 e. The molecule has 1 amide bonds. The van der Waals surface area contributed by atoms with Gasteiger partial charge < -0.3 is 19.3 Å². The van der Waals surface area contributed by atoms with E-state index in [-0.39, 0.29) is 42.2 Å². The molecule has 3 aromatic rings. The van der Waals surface area contributed by atoms with Gasteiger partial charge in [-0.05, 0) is 36.4 Å². The van der Waals surface area contributed by atoms with Crippen LogP contribution in [0.5, 0.6) is 5.75 Å². The highest BCUT2D eigenvalue weighted by atomic mass is 79.9. The van der Waals surface area contributed by atoms with Gasteiger partial charge in [-0.1, -0.05) is 21.1 Å². The lowest BCUT2D eigenvalue weighted by Crippen LogP contribution is -2.50. The summed E-state index contributed by atoms with van der Waals surface area (Å²) in [6.07, 6.45) is 0. The molecule has 0 saturated carbocycles. The van der Waals surface area contributed by atoms with Crippen molar-refractivity contribution in [2.24, 2.45) is 5.16 Å². The van der Waals surface area contributed by atoms with E-state index in [0.717, 1.165) is 4.47 Å². The monoisotopic (exact) mass is 521 g/mol. The van der Waals surface area contributed by atoms with Crippen LogP contribution in [0, 0.1) is 0 Å². The number of carbonyl (C=O) groups is 1. The number of hydrogen-bond acceptors (Lipinski definition) is 7. The molecule has 1 N–H and O–H groups in total. The van der Waals surface area contributed by atoms with Gasteiger partial charge in [0.05, 0.1) is 12.0 Å². The molecule has 0 unspecified atom stereocenters. The zero-order valence-electron chi connectivity index (χ0n) is 17.1. The molecular weight excluding hydrogens is 502 g/mol. The van der Waals surface area contributed by atoms with Crippen LogP contribution in [0.2, 0.25) is 0 Å². The van der Waals surface area contributed by atoms with Crippen molar-refractivity contribution in [1.29, 1.82) is 0 Å². The molecule has 9 nitrogen and oxygen atoms in total. The summed E-state index contributed by atoms with van der Waals surface area (Å²) in [6, 6.07) is 12.8. The molecule has 0 bridgehead atoms. The summed E-state index contributed by atoms with van der Waals surface area (Å²) in [5.74, 6) is 0.101. The quantitative estimate of drug-likeness (QED) is 0.417. The van der Waals surface area contributed by atoms with E-state index in [1.807, 2.05) is 0 Å². The van der Waals surface area contributed by atoms with E-state index in [4.69, 9.17) is 9.15 Å². The number of sulfonamides is 1. The standard InChI is InChI=1S/C21H20BrN3O6S/c1-30-15-4-7-17-18(23-27)13-20(31-19(17)12-15)21(26)24-8-10-25(11-9-24)32(28,29)16-5-2-14(22)3-6-16/h2-7,12-13,27H,8-11H2,1H3/b23-18+. The number of halogens is 1. The van der Waals surface area contributed by atoms with Crippen LogP contribution in [-0.4, -0.2) is 62.0 Å². The van der Waals surface area contributed by atoms with Crippen molar-refractivity contribution in [3.63, 3.8) is 0 Å². The zero-order valence-corrected chi connectivity index (χ0v) is 19.5. The number of benzene rings is 2. The third-order valence-corrected chi connectivity index (χ3v) is 7.69. The maximum Gasteiger partial charge on any atom is 0.289 e. The van der Waals surface area contributed by atoms with Crippen molar-refractivity contribution in [1.82, 2.24) is 9.21 Å². The third kappa shape index (κ3) is 4.23. The molecule has 0 atom stereocenters.